The molecule has 0 atom stereocenters. The van der Waals surface area contributed by atoms with Crippen LogP contribution in [0.1, 0.15) is 38.0 Å². The zero-order valence-corrected chi connectivity index (χ0v) is 19.5. The van der Waals surface area contributed by atoms with Crippen LogP contribution >= 0.6 is 24.0 Å². The van der Waals surface area contributed by atoms with E-state index in [-0.39, 0.29) is 17.6 Å². The number of benzene rings is 3. The first kappa shape index (κ1) is 22.7. The SMILES string of the molecule is CC(=O)c1ccc(NC(=S)Nc2cccc(SCCN3C(=O)c4ccccc4C3=O)c2)cc1. The minimum Gasteiger partial charge on any atom is -0.332 e. The number of fused-ring (bicyclic) bond motifs is 1. The molecule has 0 saturated carbocycles. The number of nitrogens with one attached hydrogen (secondary N) is 2. The van der Waals surface area contributed by atoms with Crippen molar-refractivity contribution in [3.05, 3.63) is 89.5 Å². The van der Waals surface area contributed by atoms with Gasteiger partial charge in [-0.1, -0.05) is 18.2 Å². The lowest BCUT2D eigenvalue weighted by Crippen LogP contribution is -2.31. The van der Waals surface area contributed by atoms with Gasteiger partial charge in [-0.2, -0.15) is 0 Å². The maximum Gasteiger partial charge on any atom is 0.261 e. The molecule has 0 bridgehead atoms. The lowest BCUT2D eigenvalue weighted by molar-refractivity contribution is 0.0664. The van der Waals surface area contributed by atoms with Crippen LogP contribution in [0.5, 0.6) is 0 Å². The van der Waals surface area contributed by atoms with Gasteiger partial charge in [0.25, 0.3) is 11.8 Å². The van der Waals surface area contributed by atoms with Crippen molar-refractivity contribution in [1.29, 1.82) is 0 Å². The van der Waals surface area contributed by atoms with Crippen molar-refractivity contribution in [2.45, 2.75) is 11.8 Å². The molecule has 2 N–H and O–H groups in total. The number of ketones is 1. The number of anilines is 2. The highest BCUT2D eigenvalue weighted by Gasteiger charge is 2.34. The molecule has 0 radical (unpaired) electrons. The summed E-state index contributed by atoms with van der Waals surface area (Å²) in [6.45, 7) is 1.87. The van der Waals surface area contributed by atoms with Crippen molar-refractivity contribution in [3.63, 3.8) is 0 Å². The van der Waals surface area contributed by atoms with E-state index in [9.17, 15) is 14.4 Å². The lowest BCUT2D eigenvalue weighted by Gasteiger charge is -2.14. The molecule has 0 aromatic heterocycles. The number of Topliss-reactive ketones (excluding diaryl/α,β-unsaturated/α-hetero) is 1. The Bertz CT molecular complexity index is 1210. The fourth-order valence-electron chi connectivity index (χ4n) is 3.44. The largest absolute Gasteiger partial charge is 0.332 e. The van der Waals surface area contributed by atoms with Crippen molar-refractivity contribution in [1.82, 2.24) is 4.90 Å². The maximum absolute atomic E-state index is 12.5. The van der Waals surface area contributed by atoms with E-state index < -0.39 is 0 Å². The topological polar surface area (TPSA) is 78.5 Å². The van der Waals surface area contributed by atoms with Crippen LogP contribution in [0.3, 0.4) is 0 Å². The van der Waals surface area contributed by atoms with Crippen molar-refractivity contribution >= 4 is 58.1 Å². The normalized spacial score (nSPS) is 12.5. The molecule has 4 rings (SSSR count). The molecular formula is C25H21N3O3S2. The average Bonchev–Trinajstić information content (AvgIpc) is 3.05. The monoisotopic (exact) mass is 475 g/mol. The third-order valence-electron chi connectivity index (χ3n) is 5.10. The summed E-state index contributed by atoms with van der Waals surface area (Å²) in [6, 6.07) is 21.7. The number of thiocarbonyl (C=S) groups is 1. The summed E-state index contributed by atoms with van der Waals surface area (Å²) in [6.07, 6.45) is 0. The molecule has 6 nitrogen and oxygen atoms in total. The summed E-state index contributed by atoms with van der Waals surface area (Å²) in [5.41, 5.74) is 3.18. The third kappa shape index (κ3) is 5.30. The van der Waals surface area contributed by atoms with Crippen LogP contribution in [0.25, 0.3) is 0 Å². The number of hydrogen-bond donors (Lipinski definition) is 2. The molecule has 0 saturated heterocycles. The van der Waals surface area contributed by atoms with Crippen molar-refractivity contribution in [2.24, 2.45) is 0 Å². The summed E-state index contributed by atoms with van der Waals surface area (Å²) in [7, 11) is 0. The number of carbonyl (C=O) groups is 3. The Morgan fingerprint density at radius 1 is 0.879 bits per heavy atom. The quantitative estimate of drug-likeness (QED) is 0.213. The van der Waals surface area contributed by atoms with Gasteiger partial charge in [0.2, 0.25) is 0 Å². The fourth-order valence-corrected chi connectivity index (χ4v) is 4.57. The Balaban J connectivity index is 1.30. The average molecular weight is 476 g/mol. The Morgan fingerprint density at radius 2 is 1.52 bits per heavy atom. The first-order valence-corrected chi connectivity index (χ1v) is 11.7. The molecule has 8 heteroatoms. The van der Waals surface area contributed by atoms with Crippen LogP contribution in [0.15, 0.2) is 77.7 Å². The molecule has 0 aliphatic carbocycles. The van der Waals surface area contributed by atoms with Gasteiger partial charge in [-0.15, -0.1) is 11.8 Å². The second-order valence-electron chi connectivity index (χ2n) is 7.40. The van der Waals surface area contributed by atoms with Gasteiger partial charge in [0.1, 0.15) is 0 Å². The summed E-state index contributed by atoms with van der Waals surface area (Å²) >= 11 is 6.95. The fraction of sp³-hybridized carbons (Fsp3) is 0.120. The Morgan fingerprint density at radius 3 is 2.15 bits per heavy atom. The van der Waals surface area contributed by atoms with E-state index >= 15 is 0 Å². The Hall–Kier alpha value is -3.49. The first-order chi connectivity index (χ1) is 15.9. The smallest absolute Gasteiger partial charge is 0.261 e. The minimum absolute atomic E-state index is 0.0135. The summed E-state index contributed by atoms with van der Waals surface area (Å²) < 4.78 is 0. The molecule has 1 aliphatic rings. The van der Waals surface area contributed by atoms with Gasteiger partial charge in [0.05, 0.1) is 11.1 Å². The van der Waals surface area contributed by atoms with E-state index in [1.54, 1.807) is 60.3 Å². The molecule has 0 spiro atoms. The lowest BCUT2D eigenvalue weighted by atomic mass is 10.1. The van der Waals surface area contributed by atoms with E-state index in [1.807, 2.05) is 24.3 Å². The van der Waals surface area contributed by atoms with Gasteiger partial charge in [0, 0.05) is 34.1 Å². The minimum atomic E-state index is -0.237. The summed E-state index contributed by atoms with van der Waals surface area (Å²) in [4.78, 5) is 38.6. The van der Waals surface area contributed by atoms with Crippen molar-refractivity contribution in [3.8, 4) is 0 Å². The molecule has 3 aromatic carbocycles. The molecule has 33 heavy (non-hydrogen) atoms. The van der Waals surface area contributed by atoms with Crippen molar-refractivity contribution < 1.29 is 14.4 Å². The second kappa shape index (κ2) is 9.97. The third-order valence-corrected chi connectivity index (χ3v) is 6.28. The number of nitrogens with zero attached hydrogens (tertiary/aromatic N) is 1. The highest BCUT2D eigenvalue weighted by atomic mass is 32.2. The Kier molecular flexibility index (Phi) is 6.86. The predicted octanol–water partition coefficient (Wildman–Crippen LogP) is 5.09. The maximum atomic E-state index is 12.5. The van der Waals surface area contributed by atoms with Gasteiger partial charge in [0.15, 0.2) is 10.9 Å². The molecular weight excluding hydrogens is 454 g/mol. The number of carbonyl (C=O) groups excluding carboxylic acids is 3. The van der Waals surface area contributed by atoms with Crippen LogP contribution in [-0.4, -0.2) is 39.9 Å². The van der Waals surface area contributed by atoms with Crippen LogP contribution in [0, 0.1) is 0 Å². The summed E-state index contributed by atoms with van der Waals surface area (Å²) in [5, 5.41) is 6.67. The van der Waals surface area contributed by atoms with Gasteiger partial charge in [-0.3, -0.25) is 19.3 Å². The number of hydrogen-bond acceptors (Lipinski definition) is 5. The van der Waals surface area contributed by atoms with Gasteiger partial charge >= 0.3 is 0 Å². The molecule has 1 aliphatic heterocycles. The van der Waals surface area contributed by atoms with Crippen LogP contribution < -0.4 is 10.6 Å². The first-order valence-electron chi connectivity index (χ1n) is 10.3. The highest BCUT2D eigenvalue weighted by Crippen LogP contribution is 2.25. The van der Waals surface area contributed by atoms with Crippen LogP contribution in [-0.2, 0) is 0 Å². The molecule has 2 amide bonds. The zero-order valence-electron chi connectivity index (χ0n) is 17.8. The highest BCUT2D eigenvalue weighted by molar-refractivity contribution is 7.99. The standard InChI is InChI=1S/C25H21N3O3S2/c1-16(29)17-9-11-18(12-10-17)26-25(32)27-19-5-4-6-20(15-19)33-14-13-28-23(30)21-7-2-3-8-22(21)24(28)31/h2-12,15H,13-14H2,1H3,(H2,26,27,32). The number of thioether (sulfide) groups is 1. The number of amides is 2. The van der Waals surface area contributed by atoms with Gasteiger partial charge < -0.3 is 10.6 Å². The molecule has 3 aromatic rings. The number of imide groups is 1. The van der Waals surface area contributed by atoms with E-state index in [2.05, 4.69) is 10.6 Å². The van der Waals surface area contributed by atoms with E-state index in [1.165, 1.54) is 11.8 Å². The van der Waals surface area contributed by atoms with Gasteiger partial charge in [-0.25, -0.2) is 0 Å². The zero-order chi connectivity index (χ0) is 23.4. The van der Waals surface area contributed by atoms with E-state index in [4.69, 9.17) is 12.2 Å². The summed E-state index contributed by atoms with van der Waals surface area (Å²) in [5.74, 6) is 0.124. The molecule has 0 unspecified atom stereocenters. The van der Waals surface area contributed by atoms with E-state index in [0.29, 0.717) is 34.1 Å². The molecule has 1 heterocycles. The Labute approximate surface area is 201 Å². The molecule has 166 valence electrons. The van der Waals surface area contributed by atoms with Gasteiger partial charge in [-0.05, 0) is 73.7 Å². The predicted molar refractivity (Wildman–Crippen MR) is 135 cm³/mol. The van der Waals surface area contributed by atoms with Crippen molar-refractivity contribution in [2.75, 3.05) is 22.9 Å². The van der Waals surface area contributed by atoms with Crippen LogP contribution in [0.4, 0.5) is 11.4 Å². The molecule has 0 fully saturated rings. The second-order valence-corrected chi connectivity index (χ2v) is 8.97. The van der Waals surface area contributed by atoms with Crippen LogP contribution in [0.2, 0.25) is 0 Å². The number of rotatable bonds is 7. The van der Waals surface area contributed by atoms with E-state index in [0.717, 1.165) is 16.3 Å².